The molecule has 1 aliphatic rings. The van der Waals surface area contributed by atoms with Gasteiger partial charge in [0, 0.05) is 11.7 Å². The minimum atomic E-state index is -0.107. The van der Waals surface area contributed by atoms with Gasteiger partial charge in [-0.15, -0.1) is 5.10 Å². The zero-order valence-electron chi connectivity index (χ0n) is 12.8. The van der Waals surface area contributed by atoms with E-state index in [1.54, 1.807) is 10.9 Å². The first-order valence-corrected chi connectivity index (χ1v) is 7.63. The Morgan fingerprint density at radius 1 is 1.09 bits per heavy atom. The summed E-state index contributed by atoms with van der Waals surface area (Å²) < 4.78 is 1.62. The molecule has 4 rings (SSSR count). The highest BCUT2D eigenvalue weighted by Crippen LogP contribution is 2.32. The van der Waals surface area contributed by atoms with Crippen LogP contribution in [0.4, 0.5) is 5.69 Å². The van der Waals surface area contributed by atoms with Gasteiger partial charge < -0.3 is 4.90 Å². The molecule has 1 atom stereocenters. The number of aromatic nitrogens is 3. The molecule has 114 valence electrons. The standard InChI is InChI=1S/C18H16N4O/c1-13-11-14-7-5-6-10-17(14)22(13)18(23)16-12-21(20-19-16)15-8-3-2-4-9-15/h2-10,12-13H,11H2,1H3/t13-/m1/s1. The van der Waals surface area contributed by atoms with Crippen molar-refractivity contribution in [1.29, 1.82) is 0 Å². The van der Waals surface area contributed by atoms with E-state index in [2.05, 4.69) is 23.3 Å². The van der Waals surface area contributed by atoms with E-state index in [4.69, 9.17) is 0 Å². The van der Waals surface area contributed by atoms with Crippen molar-refractivity contribution in [2.24, 2.45) is 0 Å². The molecule has 5 heteroatoms. The van der Waals surface area contributed by atoms with Gasteiger partial charge in [0.25, 0.3) is 5.91 Å². The highest BCUT2D eigenvalue weighted by atomic mass is 16.2. The quantitative estimate of drug-likeness (QED) is 0.731. The summed E-state index contributed by atoms with van der Waals surface area (Å²) in [5, 5.41) is 8.15. The Balaban J connectivity index is 1.67. The Kier molecular flexibility index (Phi) is 3.19. The van der Waals surface area contributed by atoms with Crippen molar-refractivity contribution in [2.45, 2.75) is 19.4 Å². The Morgan fingerprint density at radius 2 is 1.83 bits per heavy atom. The van der Waals surface area contributed by atoms with Crippen LogP contribution >= 0.6 is 0 Å². The molecule has 3 aromatic rings. The summed E-state index contributed by atoms with van der Waals surface area (Å²) in [5.41, 5.74) is 3.41. The van der Waals surface area contributed by atoms with Gasteiger partial charge in [0.1, 0.15) is 0 Å². The third-order valence-electron chi connectivity index (χ3n) is 4.16. The van der Waals surface area contributed by atoms with Crippen molar-refractivity contribution in [3.63, 3.8) is 0 Å². The molecule has 1 aliphatic heterocycles. The van der Waals surface area contributed by atoms with E-state index in [1.165, 1.54) is 5.56 Å². The number of hydrogen-bond acceptors (Lipinski definition) is 3. The van der Waals surface area contributed by atoms with Crippen molar-refractivity contribution >= 4 is 11.6 Å². The summed E-state index contributed by atoms with van der Waals surface area (Å²) in [6.45, 7) is 2.06. The number of hydrogen-bond donors (Lipinski definition) is 0. The van der Waals surface area contributed by atoms with Crippen molar-refractivity contribution in [2.75, 3.05) is 4.90 Å². The van der Waals surface area contributed by atoms with Gasteiger partial charge in [-0.2, -0.15) is 0 Å². The Bertz CT molecular complexity index is 856. The number of anilines is 1. The third-order valence-corrected chi connectivity index (χ3v) is 4.16. The smallest absolute Gasteiger partial charge is 0.280 e. The van der Waals surface area contributed by atoms with Gasteiger partial charge in [-0.25, -0.2) is 4.68 Å². The van der Waals surface area contributed by atoms with Crippen LogP contribution in [0.25, 0.3) is 5.69 Å². The molecular formula is C18H16N4O. The summed E-state index contributed by atoms with van der Waals surface area (Å²) in [6.07, 6.45) is 2.56. The van der Waals surface area contributed by atoms with Gasteiger partial charge in [0.05, 0.1) is 11.9 Å². The van der Waals surface area contributed by atoms with E-state index in [-0.39, 0.29) is 11.9 Å². The number of carbonyl (C=O) groups excluding carboxylic acids is 1. The molecule has 0 unspecified atom stereocenters. The van der Waals surface area contributed by atoms with Crippen molar-refractivity contribution < 1.29 is 4.79 Å². The zero-order chi connectivity index (χ0) is 15.8. The van der Waals surface area contributed by atoms with E-state index >= 15 is 0 Å². The van der Waals surface area contributed by atoms with E-state index < -0.39 is 0 Å². The molecular weight excluding hydrogens is 288 g/mol. The summed E-state index contributed by atoms with van der Waals surface area (Å²) in [4.78, 5) is 14.7. The molecule has 0 saturated carbocycles. The number of carbonyl (C=O) groups is 1. The average molecular weight is 304 g/mol. The molecule has 0 radical (unpaired) electrons. The molecule has 23 heavy (non-hydrogen) atoms. The van der Waals surface area contributed by atoms with Crippen LogP contribution in [0.15, 0.2) is 60.8 Å². The van der Waals surface area contributed by atoms with Gasteiger partial charge in [0.2, 0.25) is 0 Å². The maximum absolute atomic E-state index is 12.9. The zero-order valence-corrected chi connectivity index (χ0v) is 12.8. The van der Waals surface area contributed by atoms with Crippen molar-refractivity contribution in [1.82, 2.24) is 15.0 Å². The Hall–Kier alpha value is -2.95. The van der Waals surface area contributed by atoms with Gasteiger partial charge in [0.15, 0.2) is 5.69 Å². The fourth-order valence-corrected chi connectivity index (χ4v) is 3.07. The number of para-hydroxylation sites is 2. The largest absolute Gasteiger partial charge is 0.304 e. The lowest BCUT2D eigenvalue weighted by Gasteiger charge is -2.21. The average Bonchev–Trinajstić information content (AvgIpc) is 3.19. The summed E-state index contributed by atoms with van der Waals surface area (Å²) in [5.74, 6) is -0.107. The first-order chi connectivity index (χ1) is 11.2. The number of nitrogens with zero attached hydrogens (tertiary/aromatic N) is 4. The number of rotatable bonds is 2. The normalized spacial score (nSPS) is 16.4. The molecule has 5 nitrogen and oxygen atoms in total. The van der Waals surface area contributed by atoms with Crippen molar-refractivity contribution in [3.05, 3.63) is 72.1 Å². The molecule has 0 N–H and O–H groups in total. The molecule has 0 spiro atoms. The van der Waals surface area contributed by atoms with Crippen LogP contribution in [0.2, 0.25) is 0 Å². The first kappa shape index (κ1) is 13.7. The minimum absolute atomic E-state index is 0.107. The lowest BCUT2D eigenvalue weighted by Crippen LogP contribution is -2.35. The van der Waals surface area contributed by atoms with Crippen LogP contribution in [-0.4, -0.2) is 26.9 Å². The van der Waals surface area contributed by atoms with Crippen LogP contribution in [0.3, 0.4) is 0 Å². The van der Waals surface area contributed by atoms with E-state index in [9.17, 15) is 4.79 Å². The maximum atomic E-state index is 12.9. The van der Waals surface area contributed by atoms with Gasteiger partial charge >= 0.3 is 0 Å². The fraction of sp³-hybridized carbons (Fsp3) is 0.167. The van der Waals surface area contributed by atoms with Crippen molar-refractivity contribution in [3.8, 4) is 5.69 Å². The van der Waals surface area contributed by atoms with Gasteiger partial charge in [-0.3, -0.25) is 4.79 Å². The minimum Gasteiger partial charge on any atom is -0.304 e. The molecule has 1 aromatic heterocycles. The molecule has 2 aromatic carbocycles. The SMILES string of the molecule is C[C@@H]1Cc2ccccc2N1C(=O)c1cn(-c2ccccc2)nn1. The molecule has 0 saturated heterocycles. The van der Waals surface area contributed by atoms with Gasteiger partial charge in [-0.1, -0.05) is 41.6 Å². The second-order valence-electron chi connectivity index (χ2n) is 5.74. The topological polar surface area (TPSA) is 51.0 Å². The first-order valence-electron chi connectivity index (χ1n) is 7.63. The highest BCUT2D eigenvalue weighted by Gasteiger charge is 2.32. The van der Waals surface area contributed by atoms with E-state index in [0.29, 0.717) is 5.69 Å². The Labute approximate surface area is 134 Å². The van der Waals surface area contributed by atoms with Crippen LogP contribution in [0.5, 0.6) is 0 Å². The molecule has 1 amide bonds. The molecule has 0 aliphatic carbocycles. The van der Waals surface area contributed by atoms with Crippen LogP contribution in [0, 0.1) is 0 Å². The number of amides is 1. The van der Waals surface area contributed by atoms with E-state index in [0.717, 1.165) is 17.8 Å². The lowest BCUT2D eigenvalue weighted by molar-refractivity contribution is 0.0976. The second kappa shape index (κ2) is 5.35. The number of fused-ring (bicyclic) bond motifs is 1. The van der Waals surface area contributed by atoms with E-state index in [1.807, 2.05) is 53.4 Å². The third kappa shape index (κ3) is 2.30. The monoisotopic (exact) mass is 304 g/mol. The van der Waals surface area contributed by atoms with Crippen LogP contribution in [-0.2, 0) is 6.42 Å². The maximum Gasteiger partial charge on any atom is 0.280 e. The molecule has 0 fully saturated rings. The molecule has 0 bridgehead atoms. The summed E-state index contributed by atoms with van der Waals surface area (Å²) >= 11 is 0. The lowest BCUT2D eigenvalue weighted by atomic mass is 10.1. The number of benzene rings is 2. The molecule has 2 heterocycles. The summed E-state index contributed by atoms with van der Waals surface area (Å²) in [6, 6.07) is 17.8. The Morgan fingerprint density at radius 3 is 2.65 bits per heavy atom. The fourth-order valence-electron chi connectivity index (χ4n) is 3.07. The predicted octanol–water partition coefficient (Wildman–Crippen LogP) is 2.86. The predicted molar refractivity (Wildman–Crippen MR) is 87.8 cm³/mol. The van der Waals surface area contributed by atoms with Crippen LogP contribution in [0.1, 0.15) is 23.0 Å². The van der Waals surface area contributed by atoms with Crippen LogP contribution < -0.4 is 4.90 Å². The summed E-state index contributed by atoms with van der Waals surface area (Å²) in [7, 11) is 0. The second-order valence-corrected chi connectivity index (χ2v) is 5.74. The highest BCUT2D eigenvalue weighted by molar-refractivity contribution is 6.06. The van der Waals surface area contributed by atoms with Gasteiger partial charge in [-0.05, 0) is 37.1 Å².